The van der Waals surface area contributed by atoms with Gasteiger partial charge >= 0.3 is 0 Å². The third-order valence-corrected chi connectivity index (χ3v) is 6.08. The molecule has 2 aromatic carbocycles. The summed E-state index contributed by atoms with van der Waals surface area (Å²) < 4.78 is 16.0. The van der Waals surface area contributed by atoms with Crippen LogP contribution in [0.25, 0.3) is 0 Å². The zero-order valence-electron chi connectivity index (χ0n) is 17.5. The summed E-state index contributed by atoms with van der Waals surface area (Å²) >= 11 is 0. The van der Waals surface area contributed by atoms with Crippen LogP contribution in [0.3, 0.4) is 0 Å². The van der Waals surface area contributed by atoms with Crippen LogP contribution in [0, 0.1) is 0 Å². The highest BCUT2D eigenvalue weighted by Gasteiger charge is 2.45. The molecule has 3 aliphatic heterocycles. The van der Waals surface area contributed by atoms with Crippen molar-refractivity contribution in [2.45, 2.75) is 18.5 Å². The maximum absolute atomic E-state index is 13.3. The molecule has 1 fully saturated rings. The zero-order chi connectivity index (χ0) is 21.3. The van der Waals surface area contributed by atoms with E-state index in [1.165, 1.54) is 5.56 Å². The number of carbonyl (C=O) groups excluding carboxylic acids is 1. The first-order chi connectivity index (χ1) is 15.2. The molecule has 1 amide bonds. The number of benzene rings is 2. The molecule has 31 heavy (non-hydrogen) atoms. The van der Waals surface area contributed by atoms with Crippen molar-refractivity contribution in [1.82, 2.24) is 10.2 Å². The molecule has 1 unspecified atom stereocenters. The number of anilines is 1. The minimum atomic E-state index is -0.432. The number of aliphatic imine (C=N–C) groups is 1. The lowest BCUT2D eigenvalue weighted by atomic mass is 9.96. The second-order valence-corrected chi connectivity index (χ2v) is 7.99. The van der Waals surface area contributed by atoms with Gasteiger partial charge in [-0.25, -0.2) is 0 Å². The number of carbonyl (C=O) groups is 1. The first kappa shape index (κ1) is 19.8. The van der Waals surface area contributed by atoms with Crippen molar-refractivity contribution in [3.8, 4) is 11.5 Å². The summed E-state index contributed by atoms with van der Waals surface area (Å²) in [6, 6.07) is 13.6. The molecule has 1 spiro atoms. The number of rotatable bonds is 4. The first-order valence-electron chi connectivity index (χ1n) is 10.5. The molecule has 1 saturated heterocycles. The van der Waals surface area contributed by atoms with E-state index < -0.39 is 5.54 Å². The van der Waals surface area contributed by atoms with E-state index in [0.717, 1.165) is 17.9 Å². The summed E-state index contributed by atoms with van der Waals surface area (Å²) in [5, 5.41) is 7.24. The van der Waals surface area contributed by atoms with Gasteiger partial charge in [0.25, 0.3) is 5.91 Å². The number of likely N-dealkylation sites (tertiary alicyclic amines) is 1. The van der Waals surface area contributed by atoms with Crippen LogP contribution in [-0.2, 0) is 11.3 Å². The van der Waals surface area contributed by atoms with Gasteiger partial charge in [-0.1, -0.05) is 18.2 Å². The Morgan fingerprint density at radius 2 is 2.10 bits per heavy atom. The maximum Gasteiger partial charge on any atom is 0.254 e. The molecule has 0 bridgehead atoms. The van der Waals surface area contributed by atoms with Gasteiger partial charge in [-0.05, 0) is 36.2 Å². The first-order valence-corrected chi connectivity index (χ1v) is 10.5. The van der Waals surface area contributed by atoms with Crippen molar-refractivity contribution in [3.05, 3.63) is 53.6 Å². The third-order valence-electron chi connectivity index (χ3n) is 6.08. The van der Waals surface area contributed by atoms with Crippen LogP contribution >= 0.6 is 0 Å². The molecule has 162 valence electrons. The lowest BCUT2D eigenvalue weighted by Gasteiger charge is -2.30. The predicted molar refractivity (Wildman–Crippen MR) is 117 cm³/mol. The Morgan fingerprint density at radius 3 is 3.00 bits per heavy atom. The van der Waals surface area contributed by atoms with E-state index in [0.29, 0.717) is 49.8 Å². The summed E-state index contributed by atoms with van der Waals surface area (Å²) in [6.07, 6.45) is 0.774. The molecule has 2 aromatic rings. The van der Waals surface area contributed by atoms with E-state index in [1.807, 2.05) is 17.0 Å². The normalized spacial score (nSPS) is 23.0. The average Bonchev–Trinajstić information content (AvgIpc) is 3.41. The van der Waals surface area contributed by atoms with E-state index in [2.05, 4.69) is 22.8 Å². The van der Waals surface area contributed by atoms with Crippen LogP contribution in [0.1, 0.15) is 22.3 Å². The van der Waals surface area contributed by atoms with E-state index in [-0.39, 0.29) is 12.7 Å². The summed E-state index contributed by atoms with van der Waals surface area (Å²) in [6.45, 7) is 3.17. The molecule has 0 aromatic heterocycles. The molecule has 0 saturated carbocycles. The quantitative estimate of drug-likeness (QED) is 0.736. The molecule has 1 atom stereocenters. The van der Waals surface area contributed by atoms with Crippen molar-refractivity contribution in [3.63, 3.8) is 0 Å². The fourth-order valence-corrected chi connectivity index (χ4v) is 4.36. The number of ether oxygens (including phenoxy) is 3. The molecule has 3 aliphatic rings. The number of hydrogen-bond donors (Lipinski definition) is 2. The van der Waals surface area contributed by atoms with E-state index in [9.17, 15) is 4.79 Å². The topological polar surface area (TPSA) is 84.4 Å². The van der Waals surface area contributed by atoms with Crippen LogP contribution in [-0.4, -0.2) is 62.3 Å². The Balaban J connectivity index is 1.40. The molecule has 8 nitrogen and oxygen atoms in total. The van der Waals surface area contributed by atoms with Gasteiger partial charge in [0.05, 0.1) is 18.7 Å². The fraction of sp³-hybridized carbons (Fsp3) is 0.391. The summed E-state index contributed by atoms with van der Waals surface area (Å²) in [5.74, 6) is 2.13. The number of methoxy groups -OCH3 is 1. The number of fused-ring (bicyclic) bond motifs is 2. The van der Waals surface area contributed by atoms with Crippen molar-refractivity contribution >= 4 is 17.4 Å². The van der Waals surface area contributed by atoms with Gasteiger partial charge in [-0.3, -0.25) is 15.1 Å². The van der Waals surface area contributed by atoms with Gasteiger partial charge in [0.2, 0.25) is 6.79 Å². The van der Waals surface area contributed by atoms with Crippen LogP contribution in [0.2, 0.25) is 0 Å². The molecular weight excluding hydrogens is 396 g/mol. The van der Waals surface area contributed by atoms with Crippen LogP contribution in [0.4, 0.5) is 5.69 Å². The predicted octanol–water partition coefficient (Wildman–Crippen LogP) is 2.26. The number of nitrogens with one attached hydrogen (secondary N) is 2. The fourth-order valence-electron chi connectivity index (χ4n) is 4.36. The van der Waals surface area contributed by atoms with Gasteiger partial charge in [0.15, 0.2) is 11.5 Å². The average molecular weight is 422 g/mol. The minimum Gasteiger partial charge on any atom is -0.454 e. The van der Waals surface area contributed by atoms with Gasteiger partial charge in [0.1, 0.15) is 5.84 Å². The van der Waals surface area contributed by atoms with E-state index in [4.69, 9.17) is 19.2 Å². The third kappa shape index (κ3) is 3.73. The lowest BCUT2D eigenvalue weighted by molar-refractivity contribution is 0.0785. The minimum absolute atomic E-state index is 0.0185. The molecule has 8 heteroatoms. The highest BCUT2D eigenvalue weighted by molar-refractivity contribution is 6.05. The lowest BCUT2D eigenvalue weighted by Crippen LogP contribution is -2.55. The van der Waals surface area contributed by atoms with E-state index in [1.54, 1.807) is 25.3 Å². The maximum atomic E-state index is 13.3. The number of amidine groups is 1. The summed E-state index contributed by atoms with van der Waals surface area (Å²) in [5.41, 5.74) is 2.39. The smallest absolute Gasteiger partial charge is 0.254 e. The molecule has 3 heterocycles. The number of nitrogens with zero attached hydrogens (tertiary/aromatic N) is 2. The number of amides is 1. The molecule has 0 aliphatic carbocycles. The van der Waals surface area contributed by atoms with Crippen molar-refractivity contribution < 1.29 is 19.0 Å². The summed E-state index contributed by atoms with van der Waals surface area (Å²) in [7, 11) is 1.67. The van der Waals surface area contributed by atoms with Crippen LogP contribution in [0.5, 0.6) is 11.5 Å². The zero-order valence-corrected chi connectivity index (χ0v) is 17.5. The molecular formula is C23H26N4O4. The SMILES string of the molecule is COCCN=C1Nc2ccccc2CNC12CCN(C(=O)c1ccc3c(c1)OCO3)C2. The summed E-state index contributed by atoms with van der Waals surface area (Å²) in [4.78, 5) is 20.0. The van der Waals surface area contributed by atoms with Crippen molar-refractivity contribution in [2.24, 2.45) is 4.99 Å². The van der Waals surface area contributed by atoms with Crippen molar-refractivity contribution in [1.29, 1.82) is 0 Å². The van der Waals surface area contributed by atoms with Gasteiger partial charge in [-0.2, -0.15) is 0 Å². The second-order valence-electron chi connectivity index (χ2n) is 7.99. The van der Waals surface area contributed by atoms with E-state index >= 15 is 0 Å². The monoisotopic (exact) mass is 422 g/mol. The molecule has 2 N–H and O–H groups in total. The van der Waals surface area contributed by atoms with Crippen molar-refractivity contribution in [2.75, 3.05) is 45.5 Å². The Bertz CT molecular complexity index is 1020. The van der Waals surface area contributed by atoms with Crippen LogP contribution < -0.4 is 20.1 Å². The highest BCUT2D eigenvalue weighted by atomic mass is 16.7. The second kappa shape index (κ2) is 8.20. The van der Waals surface area contributed by atoms with Gasteiger partial charge in [0, 0.05) is 38.0 Å². The number of para-hydroxylation sites is 1. The standard InChI is InChI=1S/C23H26N4O4/c1-29-11-9-24-22-23(25-13-17-4-2-3-5-18(17)26-22)8-10-27(14-23)21(28)16-6-7-19-20(12-16)31-15-30-19/h2-7,12,25H,8-11,13-15H2,1H3,(H,24,26). The Hall–Kier alpha value is -3.10. The Morgan fingerprint density at radius 1 is 1.23 bits per heavy atom. The Labute approximate surface area is 181 Å². The molecule has 5 rings (SSSR count). The van der Waals surface area contributed by atoms with Crippen LogP contribution in [0.15, 0.2) is 47.5 Å². The number of hydrogen-bond acceptors (Lipinski definition) is 6. The largest absolute Gasteiger partial charge is 0.454 e. The van der Waals surface area contributed by atoms with Gasteiger partial charge < -0.3 is 24.4 Å². The Kier molecular flexibility index (Phi) is 5.25. The molecule has 0 radical (unpaired) electrons. The highest BCUT2D eigenvalue weighted by Crippen LogP contribution is 2.34. The van der Waals surface area contributed by atoms with Gasteiger partial charge in [-0.15, -0.1) is 0 Å².